The smallest absolute Gasteiger partial charge is 0.225 e. The Morgan fingerprint density at radius 2 is 1.97 bits per heavy atom. The van der Waals surface area contributed by atoms with Gasteiger partial charge in [-0.25, -0.2) is 9.97 Å². The van der Waals surface area contributed by atoms with E-state index in [0.717, 1.165) is 31.4 Å². The molecule has 35 heavy (non-hydrogen) atoms. The Bertz CT molecular complexity index is 1290. The van der Waals surface area contributed by atoms with E-state index >= 15 is 0 Å². The molecule has 1 fully saturated rings. The minimum Gasteiger partial charge on any atom is -0.390 e. The Balaban J connectivity index is 1.52. The lowest BCUT2D eigenvalue weighted by Crippen LogP contribution is -2.40. The zero-order valence-electron chi connectivity index (χ0n) is 19.6. The number of nitrogens with zero attached hydrogens (tertiary/aromatic N) is 4. The predicted molar refractivity (Wildman–Crippen MR) is 139 cm³/mol. The third-order valence-electron chi connectivity index (χ3n) is 6.41. The van der Waals surface area contributed by atoms with Gasteiger partial charge in [0, 0.05) is 17.0 Å². The van der Waals surface area contributed by atoms with E-state index < -0.39 is 29.8 Å². The quantitative estimate of drug-likeness (QED) is 0.252. The van der Waals surface area contributed by atoms with Crippen LogP contribution in [0.5, 0.6) is 0 Å². The third-order valence-corrected chi connectivity index (χ3v) is 8.34. The number of hydrogen-bond donors (Lipinski definition) is 5. The van der Waals surface area contributed by atoms with Gasteiger partial charge in [-0.3, -0.25) is 4.98 Å². The normalized spacial score (nSPS) is 22.6. The fourth-order valence-corrected chi connectivity index (χ4v) is 6.21. The van der Waals surface area contributed by atoms with Gasteiger partial charge < -0.3 is 26.0 Å². The number of thiophene rings is 1. The van der Waals surface area contributed by atoms with Gasteiger partial charge in [-0.2, -0.15) is 4.98 Å². The van der Waals surface area contributed by atoms with Crippen LogP contribution in [0.3, 0.4) is 0 Å². The second-order valence-corrected chi connectivity index (χ2v) is 11.4. The molecule has 0 amide bonds. The molecule has 9 nitrogen and oxygen atoms in total. The van der Waals surface area contributed by atoms with Crippen LogP contribution >= 0.6 is 22.7 Å². The lowest BCUT2D eigenvalue weighted by atomic mass is 9.88. The molecule has 0 bridgehead atoms. The summed E-state index contributed by atoms with van der Waals surface area (Å²) < 4.78 is 0.999. The maximum absolute atomic E-state index is 10.8. The molecule has 4 aromatic heterocycles. The van der Waals surface area contributed by atoms with Gasteiger partial charge in [-0.05, 0) is 44.7 Å². The Labute approximate surface area is 211 Å². The first kappa shape index (κ1) is 24.0. The maximum Gasteiger partial charge on any atom is 0.225 e. The van der Waals surface area contributed by atoms with E-state index in [1.54, 1.807) is 37.6 Å². The molecule has 0 aromatic carbocycles. The van der Waals surface area contributed by atoms with E-state index in [2.05, 4.69) is 20.6 Å². The van der Waals surface area contributed by atoms with Crippen LogP contribution in [0.25, 0.3) is 20.8 Å². The number of pyridine rings is 1. The second kappa shape index (κ2) is 9.40. The lowest BCUT2D eigenvalue weighted by Gasteiger charge is -2.28. The lowest BCUT2D eigenvalue weighted by molar-refractivity contribution is -0.0601. The molecular weight excluding hydrogens is 484 g/mol. The number of rotatable bonds is 7. The minimum absolute atomic E-state index is 0.385. The first-order valence-corrected chi connectivity index (χ1v) is 13.1. The summed E-state index contributed by atoms with van der Waals surface area (Å²) in [5.74, 6) is 0.495. The van der Waals surface area contributed by atoms with Crippen molar-refractivity contribution in [1.29, 1.82) is 0 Å². The fraction of sp³-hybridized carbons (Fsp3) is 0.417. The molecule has 1 aliphatic carbocycles. The fourth-order valence-electron chi connectivity index (χ4n) is 4.53. The highest BCUT2D eigenvalue weighted by atomic mass is 32.1. The summed E-state index contributed by atoms with van der Waals surface area (Å²) in [7, 11) is 0. The van der Waals surface area contributed by atoms with Crippen molar-refractivity contribution in [3.05, 3.63) is 46.5 Å². The van der Waals surface area contributed by atoms with E-state index in [1.807, 2.05) is 30.5 Å². The van der Waals surface area contributed by atoms with Crippen LogP contribution in [0, 0.1) is 12.8 Å². The Hall–Kier alpha value is -2.70. The standard InChI is InChI=1S/C24H28N6O3S2/c1-12-18(22-29-16-11-25-7-6-17(16)35-22)21(30-23(27-12)26-10-13-5-4-8-34-13)28-15-9-14(24(2,3)33)19(31)20(15)32/h4-8,11,14-15,19-20,31-33H,9-10H2,1-3H3,(H2,26,27,28,30)/t14-,15+,19+,20-/m0/s1. The molecule has 0 unspecified atom stereocenters. The molecule has 1 aliphatic rings. The average Bonchev–Trinajstić information content (AvgIpc) is 3.53. The molecule has 4 aromatic rings. The van der Waals surface area contributed by atoms with Crippen LogP contribution in [-0.4, -0.2) is 59.1 Å². The van der Waals surface area contributed by atoms with Gasteiger partial charge in [0.15, 0.2) is 0 Å². The number of fused-ring (bicyclic) bond motifs is 1. The maximum atomic E-state index is 10.8. The van der Waals surface area contributed by atoms with Crippen molar-refractivity contribution in [3.8, 4) is 10.6 Å². The van der Waals surface area contributed by atoms with Gasteiger partial charge in [0.2, 0.25) is 5.95 Å². The Morgan fingerprint density at radius 1 is 1.14 bits per heavy atom. The van der Waals surface area contributed by atoms with Crippen molar-refractivity contribution in [3.63, 3.8) is 0 Å². The van der Waals surface area contributed by atoms with Gasteiger partial charge in [-0.15, -0.1) is 22.7 Å². The first-order chi connectivity index (χ1) is 16.7. The first-order valence-electron chi connectivity index (χ1n) is 11.4. The highest BCUT2D eigenvalue weighted by Crippen LogP contribution is 2.40. The molecule has 4 atom stereocenters. The van der Waals surface area contributed by atoms with E-state index in [4.69, 9.17) is 9.97 Å². The topological polar surface area (TPSA) is 136 Å². The van der Waals surface area contributed by atoms with Crippen molar-refractivity contribution in [2.75, 3.05) is 10.6 Å². The van der Waals surface area contributed by atoms with Crippen LogP contribution in [-0.2, 0) is 6.54 Å². The monoisotopic (exact) mass is 512 g/mol. The van der Waals surface area contributed by atoms with Crippen LogP contribution < -0.4 is 10.6 Å². The molecule has 4 heterocycles. The average molecular weight is 513 g/mol. The molecule has 11 heteroatoms. The number of aromatic nitrogens is 4. The summed E-state index contributed by atoms with van der Waals surface area (Å²) in [5, 5.41) is 41.3. The minimum atomic E-state index is -1.13. The van der Waals surface area contributed by atoms with E-state index in [9.17, 15) is 15.3 Å². The SMILES string of the molecule is Cc1nc(NCc2cccs2)nc(N[C@@H]2C[C@H](C(C)(C)O)[C@@H](O)[C@H]2O)c1-c1nc2cnccc2s1. The highest BCUT2D eigenvalue weighted by Gasteiger charge is 2.47. The van der Waals surface area contributed by atoms with Gasteiger partial charge in [0.1, 0.15) is 22.4 Å². The Kier molecular flexibility index (Phi) is 6.45. The van der Waals surface area contributed by atoms with Gasteiger partial charge >= 0.3 is 0 Å². The van der Waals surface area contributed by atoms with Crippen molar-refractivity contribution in [2.24, 2.45) is 5.92 Å². The summed E-state index contributed by atoms with van der Waals surface area (Å²) in [6, 6.07) is 5.45. The number of aryl methyl sites for hydroxylation is 1. The summed E-state index contributed by atoms with van der Waals surface area (Å²) in [6.07, 6.45) is 1.73. The number of hydrogen-bond acceptors (Lipinski definition) is 11. The van der Waals surface area contributed by atoms with Crippen LogP contribution in [0.1, 0.15) is 30.8 Å². The second-order valence-electron chi connectivity index (χ2n) is 9.38. The third kappa shape index (κ3) is 4.87. The van der Waals surface area contributed by atoms with Crippen molar-refractivity contribution < 1.29 is 15.3 Å². The number of aliphatic hydroxyl groups excluding tert-OH is 2. The summed E-state index contributed by atoms with van der Waals surface area (Å²) >= 11 is 3.17. The summed E-state index contributed by atoms with van der Waals surface area (Å²) in [5.41, 5.74) is 1.13. The van der Waals surface area contributed by atoms with E-state index in [0.29, 0.717) is 24.7 Å². The number of anilines is 2. The van der Waals surface area contributed by atoms with Gasteiger partial charge in [0.05, 0.1) is 46.4 Å². The Morgan fingerprint density at radius 3 is 2.66 bits per heavy atom. The van der Waals surface area contributed by atoms with Crippen molar-refractivity contribution in [2.45, 2.75) is 57.6 Å². The van der Waals surface area contributed by atoms with Crippen molar-refractivity contribution >= 4 is 44.7 Å². The molecule has 0 radical (unpaired) electrons. The molecule has 5 rings (SSSR count). The molecule has 184 valence electrons. The molecular formula is C24H28N6O3S2. The molecule has 5 N–H and O–H groups in total. The summed E-state index contributed by atoms with van der Waals surface area (Å²) in [6.45, 7) is 5.80. The molecule has 0 spiro atoms. The summed E-state index contributed by atoms with van der Waals surface area (Å²) in [4.78, 5) is 19.5. The number of aliphatic hydroxyl groups is 3. The van der Waals surface area contributed by atoms with Gasteiger partial charge in [-0.1, -0.05) is 6.07 Å². The molecule has 1 saturated carbocycles. The van der Waals surface area contributed by atoms with Crippen LogP contribution in [0.2, 0.25) is 0 Å². The van der Waals surface area contributed by atoms with Crippen molar-refractivity contribution in [1.82, 2.24) is 19.9 Å². The van der Waals surface area contributed by atoms with Gasteiger partial charge in [0.25, 0.3) is 0 Å². The zero-order chi connectivity index (χ0) is 24.7. The molecule has 0 saturated heterocycles. The largest absolute Gasteiger partial charge is 0.390 e. The highest BCUT2D eigenvalue weighted by molar-refractivity contribution is 7.21. The van der Waals surface area contributed by atoms with Crippen LogP contribution in [0.4, 0.5) is 11.8 Å². The number of nitrogens with one attached hydrogen (secondary N) is 2. The molecule has 0 aliphatic heterocycles. The predicted octanol–water partition coefficient (Wildman–Crippen LogP) is 3.42. The van der Waals surface area contributed by atoms with Crippen LogP contribution in [0.15, 0.2) is 36.0 Å². The van der Waals surface area contributed by atoms with E-state index in [1.165, 1.54) is 11.3 Å². The zero-order valence-corrected chi connectivity index (χ0v) is 21.3. The van der Waals surface area contributed by atoms with E-state index in [-0.39, 0.29) is 0 Å². The number of thiazole rings is 1.